The summed E-state index contributed by atoms with van der Waals surface area (Å²) in [5, 5.41) is 4.69. The molecule has 1 aromatic heterocycles. The Kier molecular flexibility index (Phi) is 3.90. The van der Waals surface area contributed by atoms with E-state index in [0.717, 1.165) is 5.25 Å². The summed E-state index contributed by atoms with van der Waals surface area (Å²) in [6, 6.07) is 5.48. The van der Waals surface area contributed by atoms with E-state index in [4.69, 9.17) is 0 Å². The van der Waals surface area contributed by atoms with Gasteiger partial charge in [-0.3, -0.25) is 4.98 Å². The van der Waals surface area contributed by atoms with Gasteiger partial charge in [0.1, 0.15) is 0 Å². The molecule has 0 aromatic carbocycles. The summed E-state index contributed by atoms with van der Waals surface area (Å²) >= 11 is 2.04. The van der Waals surface area contributed by atoms with Crippen LogP contribution in [0.15, 0.2) is 18.3 Å². The van der Waals surface area contributed by atoms with Crippen LogP contribution in [0.5, 0.6) is 0 Å². The Morgan fingerprint density at radius 2 is 2.17 bits per heavy atom. The van der Waals surface area contributed by atoms with E-state index in [1.807, 2.05) is 18.0 Å². The number of hydrogen-bond donors (Lipinski definition) is 1. The highest BCUT2D eigenvalue weighted by molar-refractivity contribution is 7.99. The number of aromatic nitrogens is 1. The number of rotatable bonds is 3. The van der Waals surface area contributed by atoms with Crippen molar-refractivity contribution in [2.45, 2.75) is 55.9 Å². The lowest BCUT2D eigenvalue weighted by molar-refractivity contribution is 0.344. The second-order valence-electron chi connectivity index (χ2n) is 5.47. The van der Waals surface area contributed by atoms with E-state index in [-0.39, 0.29) is 0 Å². The third-order valence-corrected chi connectivity index (χ3v) is 5.55. The van der Waals surface area contributed by atoms with Crippen LogP contribution in [0.25, 0.3) is 0 Å². The Labute approximate surface area is 114 Å². The van der Waals surface area contributed by atoms with E-state index in [9.17, 15) is 0 Å². The summed E-state index contributed by atoms with van der Waals surface area (Å²) in [5.41, 5.74) is 2.76. The highest BCUT2D eigenvalue weighted by Crippen LogP contribution is 2.33. The first-order chi connectivity index (χ1) is 8.88. The van der Waals surface area contributed by atoms with Gasteiger partial charge in [-0.25, -0.2) is 0 Å². The summed E-state index contributed by atoms with van der Waals surface area (Å²) in [6.07, 6.45) is 12.1. The maximum Gasteiger partial charge on any atom is 0.0605 e. The van der Waals surface area contributed by atoms with Crippen LogP contribution in [0.3, 0.4) is 0 Å². The average Bonchev–Trinajstić information content (AvgIpc) is 2.83. The molecule has 1 fully saturated rings. The maximum absolute atomic E-state index is 4.59. The molecule has 3 rings (SSSR count). The SMILES string of the molecule is CSC1CCCCC1NC1CCc2cccnc21. The van der Waals surface area contributed by atoms with Crippen LogP contribution >= 0.6 is 11.8 Å². The fourth-order valence-electron chi connectivity index (χ4n) is 3.40. The molecule has 0 spiro atoms. The van der Waals surface area contributed by atoms with Crippen molar-refractivity contribution in [3.8, 4) is 0 Å². The second kappa shape index (κ2) is 5.62. The Hall–Kier alpha value is -0.540. The van der Waals surface area contributed by atoms with Gasteiger partial charge in [0, 0.05) is 17.5 Å². The summed E-state index contributed by atoms with van der Waals surface area (Å²) < 4.78 is 0. The van der Waals surface area contributed by atoms with Crippen LogP contribution in [0, 0.1) is 0 Å². The lowest BCUT2D eigenvalue weighted by atomic mass is 9.94. The van der Waals surface area contributed by atoms with E-state index < -0.39 is 0 Å². The van der Waals surface area contributed by atoms with Crippen LogP contribution < -0.4 is 5.32 Å². The molecular formula is C15H22N2S. The molecule has 3 unspecified atom stereocenters. The second-order valence-corrected chi connectivity index (χ2v) is 6.55. The van der Waals surface area contributed by atoms with Crippen molar-refractivity contribution in [3.63, 3.8) is 0 Å². The van der Waals surface area contributed by atoms with Crippen LogP contribution in [0.2, 0.25) is 0 Å². The van der Waals surface area contributed by atoms with Gasteiger partial charge in [0.05, 0.1) is 11.7 Å². The van der Waals surface area contributed by atoms with Crippen LogP contribution in [-0.2, 0) is 6.42 Å². The average molecular weight is 262 g/mol. The third-order valence-electron chi connectivity index (χ3n) is 4.38. The molecule has 2 nitrogen and oxygen atoms in total. The summed E-state index contributed by atoms with van der Waals surface area (Å²) in [5.74, 6) is 0. The Balaban J connectivity index is 1.70. The van der Waals surface area contributed by atoms with Crippen LogP contribution in [-0.4, -0.2) is 22.5 Å². The van der Waals surface area contributed by atoms with Crippen LogP contribution in [0.1, 0.15) is 49.4 Å². The fraction of sp³-hybridized carbons (Fsp3) is 0.667. The summed E-state index contributed by atoms with van der Waals surface area (Å²) in [4.78, 5) is 4.59. The number of nitrogens with zero attached hydrogens (tertiary/aromatic N) is 1. The Bertz CT molecular complexity index is 407. The Morgan fingerprint density at radius 1 is 1.28 bits per heavy atom. The van der Waals surface area contributed by atoms with Gasteiger partial charge in [-0.05, 0) is 43.6 Å². The first-order valence-corrected chi connectivity index (χ1v) is 8.40. The van der Waals surface area contributed by atoms with Gasteiger partial charge >= 0.3 is 0 Å². The van der Waals surface area contributed by atoms with Crippen molar-refractivity contribution in [2.24, 2.45) is 0 Å². The number of nitrogens with one attached hydrogen (secondary N) is 1. The number of fused-ring (bicyclic) bond motifs is 1. The first-order valence-electron chi connectivity index (χ1n) is 7.11. The molecule has 1 N–H and O–H groups in total. The van der Waals surface area contributed by atoms with E-state index in [2.05, 4.69) is 28.7 Å². The van der Waals surface area contributed by atoms with Crippen molar-refractivity contribution in [2.75, 3.05) is 6.26 Å². The number of thioether (sulfide) groups is 1. The van der Waals surface area contributed by atoms with Gasteiger partial charge in [-0.1, -0.05) is 18.9 Å². The summed E-state index contributed by atoms with van der Waals surface area (Å²) in [6.45, 7) is 0. The molecule has 3 heteroatoms. The minimum absolute atomic E-state index is 0.499. The molecule has 0 bridgehead atoms. The summed E-state index contributed by atoms with van der Waals surface area (Å²) in [7, 11) is 0. The zero-order chi connectivity index (χ0) is 12.4. The molecule has 1 saturated carbocycles. The van der Waals surface area contributed by atoms with E-state index in [1.165, 1.54) is 49.8 Å². The maximum atomic E-state index is 4.59. The van der Waals surface area contributed by atoms with Gasteiger partial charge < -0.3 is 5.32 Å². The minimum Gasteiger partial charge on any atom is -0.305 e. The lowest BCUT2D eigenvalue weighted by Crippen LogP contribution is -2.42. The molecule has 1 heterocycles. The largest absolute Gasteiger partial charge is 0.305 e. The zero-order valence-corrected chi connectivity index (χ0v) is 11.9. The molecule has 18 heavy (non-hydrogen) atoms. The van der Waals surface area contributed by atoms with Crippen molar-refractivity contribution in [1.29, 1.82) is 0 Å². The van der Waals surface area contributed by atoms with Gasteiger partial charge in [0.25, 0.3) is 0 Å². The van der Waals surface area contributed by atoms with Gasteiger partial charge in [0.15, 0.2) is 0 Å². The van der Waals surface area contributed by atoms with Gasteiger partial charge in [-0.15, -0.1) is 0 Å². The predicted molar refractivity (Wildman–Crippen MR) is 78.0 cm³/mol. The van der Waals surface area contributed by atoms with E-state index in [0.29, 0.717) is 12.1 Å². The molecule has 0 aliphatic heterocycles. The predicted octanol–water partition coefficient (Wildman–Crippen LogP) is 3.33. The topological polar surface area (TPSA) is 24.9 Å². The highest BCUT2D eigenvalue weighted by atomic mass is 32.2. The van der Waals surface area contributed by atoms with Crippen molar-refractivity contribution in [1.82, 2.24) is 10.3 Å². The van der Waals surface area contributed by atoms with E-state index >= 15 is 0 Å². The fourth-order valence-corrected chi connectivity index (χ4v) is 4.35. The quantitative estimate of drug-likeness (QED) is 0.904. The molecule has 1 aromatic rings. The minimum atomic E-state index is 0.499. The molecular weight excluding hydrogens is 240 g/mol. The normalized spacial score (nSPS) is 31.3. The smallest absolute Gasteiger partial charge is 0.0605 e. The van der Waals surface area contributed by atoms with Gasteiger partial charge in [0.2, 0.25) is 0 Å². The van der Waals surface area contributed by atoms with E-state index in [1.54, 1.807) is 0 Å². The number of aryl methyl sites for hydroxylation is 1. The lowest BCUT2D eigenvalue weighted by Gasteiger charge is -2.33. The highest BCUT2D eigenvalue weighted by Gasteiger charge is 2.30. The number of pyridine rings is 1. The van der Waals surface area contributed by atoms with Crippen LogP contribution in [0.4, 0.5) is 0 Å². The third kappa shape index (κ3) is 2.43. The van der Waals surface area contributed by atoms with Crippen molar-refractivity contribution in [3.05, 3.63) is 29.6 Å². The monoisotopic (exact) mass is 262 g/mol. The molecule has 2 aliphatic carbocycles. The molecule has 98 valence electrons. The van der Waals surface area contributed by atoms with Gasteiger partial charge in [-0.2, -0.15) is 11.8 Å². The molecule has 2 aliphatic rings. The first kappa shape index (κ1) is 12.5. The molecule has 0 saturated heterocycles. The van der Waals surface area contributed by atoms with Crippen molar-refractivity contribution < 1.29 is 0 Å². The standard InChI is InChI=1S/C15H22N2S/c1-18-14-7-3-2-6-12(14)17-13-9-8-11-5-4-10-16-15(11)13/h4-5,10,12-14,17H,2-3,6-9H2,1H3. The number of hydrogen-bond acceptors (Lipinski definition) is 3. The zero-order valence-electron chi connectivity index (χ0n) is 11.1. The van der Waals surface area contributed by atoms with Crippen molar-refractivity contribution >= 4 is 11.8 Å². The molecule has 0 amide bonds. The molecule has 3 atom stereocenters. The Morgan fingerprint density at radius 3 is 3.06 bits per heavy atom. The molecule has 0 radical (unpaired) electrons.